The quantitative estimate of drug-likeness (QED) is 0.698. The van der Waals surface area contributed by atoms with Crippen LogP contribution in [-0.2, 0) is 4.79 Å². The number of aliphatic imine (C=N–C) groups is 1. The number of amidine groups is 1. The summed E-state index contributed by atoms with van der Waals surface area (Å²) in [5.74, 6) is 1.03. The molecule has 1 amide bonds. The molecule has 1 aliphatic heterocycles. The van der Waals surface area contributed by atoms with Gasteiger partial charge >= 0.3 is 0 Å². The number of methoxy groups -OCH3 is 1. The lowest BCUT2D eigenvalue weighted by Gasteiger charge is -2.07. The summed E-state index contributed by atoms with van der Waals surface area (Å²) in [6, 6.07) is 14.5. The Balaban J connectivity index is 1.84. The number of hydrogen-bond acceptors (Lipinski definition) is 6. The summed E-state index contributed by atoms with van der Waals surface area (Å²) in [6.07, 6.45) is 1.72. The van der Waals surface area contributed by atoms with E-state index in [1.54, 1.807) is 31.4 Å². The average Bonchev–Trinajstić information content (AvgIpc) is 3.00. The minimum Gasteiger partial charge on any atom is -0.497 e. The maximum Gasteiger partial charge on any atom is 0.264 e. The van der Waals surface area contributed by atoms with Crippen molar-refractivity contribution < 1.29 is 14.3 Å². The number of amides is 1. The summed E-state index contributed by atoms with van der Waals surface area (Å²) in [4.78, 5) is 17.2. The number of carbonyl (C=O) groups is 1. The lowest BCUT2D eigenvalue weighted by atomic mass is 10.2. The Morgan fingerprint density at radius 3 is 2.78 bits per heavy atom. The first kappa shape index (κ1) is 19.0. The van der Waals surface area contributed by atoms with Crippen molar-refractivity contribution in [3.63, 3.8) is 0 Å². The zero-order valence-corrected chi connectivity index (χ0v) is 16.6. The van der Waals surface area contributed by atoms with Crippen molar-refractivity contribution in [3.05, 3.63) is 57.4 Å². The van der Waals surface area contributed by atoms with Gasteiger partial charge in [0.15, 0.2) is 11.8 Å². The lowest BCUT2D eigenvalue weighted by Crippen LogP contribution is -2.19. The van der Waals surface area contributed by atoms with E-state index in [2.05, 4.69) is 26.2 Å². The molecule has 0 saturated carbocycles. The highest BCUT2D eigenvalue weighted by Crippen LogP contribution is 2.32. The molecule has 0 aromatic heterocycles. The summed E-state index contributed by atoms with van der Waals surface area (Å²) in [7, 11) is 1.60. The van der Waals surface area contributed by atoms with E-state index in [9.17, 15) is 4.79 Å². The van der Waals surface area contributed by atoms with Crippen LogP contribution in [-0.4, -0.2) is 24.8 Å². The Labute approximate surface area is 169 Å². The molecule has 6 nitrogen and oxygen atoms in total. The number of nitriles is 1. The predicted octanol–water partition coefficient (Wildman–Crippen LogP) is 4.25. The van der Waals surface area contributed by atoms with E-state index in [0.717, 1.165) is 10.2 Å². The van der Waals surface area contributed by atoms with Gasteiger partial charge in [0.1, 0.15) is 17.6 Å². The highest BCUT2D eigenvalue weighted by molar-refractivity contribution is 9.10. The minimum absolute atomic E-state index is 0.0681. The van der Waals surface area contributed by atoms with Crippen LogP contribution in [0, 0.1) is 11.3 Å². The molecule has 0 atom stereocenters. The van der Waals surface area contributed by atoms with E-state index in [1.807, 2.05) is 30.3 Å². The number of hydrogen-bond donors (Lipinski definition) is 1. The number of benzene rings is 2. The van der Waals surface area contributed by atoms with E-state index in [1.165, 1.54) is 11.8 Å². The van der Waals surface area contributed by atoms with Crippen molar-refractivity contribution in [1.82, 2.24) is 5.32 Å². The third-order valence-electron chi connectivity index (χ3n) is 3.50. The fourth-order valence-electron chi connectivity index (χ4n) is 2.27. The number of nitrogens with zero attached hydrogens (tertiary/aromatic N) is 2. The largest absolute Gasteiger partial charge is 0.497 e. The summed E-state index contributed by atoms with van der Waals surface area (Å²) >= 11 is 4.65. The van der Waals surface area contributed by atoms with Gasteiger partial charge in [0.2, 0.25) is 0 Å². The maximum atomic E-state index is 12.3. The van der Waals surface area contributed by atoms with Crippen molar-refractivity contribution in [2.45, 2.75) is 0 Å². The van der Waals surface area contributed by atoms with Crippen molar-refractivity contribution >= 4 is 50.5 Å². The number of rotatable bonds is 5. The van der Waals surface area contributed by atoms with Crippen LogP contribution in [0.25, 0.3) is 6.08 Å². The van der Waals surface area contributed by atoms with Crippen LogP contribution in [0.3, 0.4) is 0 Å². The number of thioether (sulfide) groups is 1. The number of halogens is 1. The van der Waals surface area contributed by atoms with Crippen LogP contribution in [0.2, 0.25) is 0 Å². The number of nitrogens with one attached hydrogen (secondary N) is 1. The van der Waals surface area contributed by atoms with Crippen LogP contribution in [0.5, 0.6) is 11.5 Å². The Hall–Kier alpha value is -2.76. The van der Waals surface area contributed by atoms with E-state index >= 15 is 0 Å². The molecule has 27 heavy (non-hydrogen) atoms. The Morgan fingerprint density at radius 2 is 2.07 bits per heavy atom. The molecule has 1 saturated heterocycles. The third kappa shape index (κ3) is 4.90. The van der Waals surface area contributed by atoms with Crippen molar-refractivity contribution in [2.75, 3.05) is 13.7 Å². The fraction of sp³-hybridized carbons (Fsp3) is 0.105. The van der Waals surface area contributed by atoms with Crippen molar-refractivity contribution in [2.24, 2.45) is 4.99 Å². The van der Waals surface area contributed by atoms with Crippen molar-refractivity contribution in [1.29, 1.82) is 5.26 Å². The fourth-order valence-corrected chi connectivity index (χ4v) is 3.48. The maximum absolute atomic E-state index is 12.3. The van der Waals surface area contributed by atoms with Gasteiger partial charge in [-0.3, -0.25) is 4.79 Å². The standard InChI is InChI=1S/C19H14BrN3O3S/c1-25-15-5-3-14(4-6-15)22-19-23-18(24)17(27-19)11-12-10-13(20)2-7-16(12)26-9-8-21/h2-7,10-11H,9H2,1H3,(H,22,23,24). The normalized spacial score (nSPS) is 16.3. The lowest BCUT2D eigenvalue weighted by molar-refractivity contribution is -0.115. The van der Waals surface area contributed by atoms with Gasteiger partial charge in [0, 0.05) is 10.0 Å². The molecule has 0 unspecified atom stereocenters. The molecule has 2 aromatic carbocycles. The number of ether oxygens (including phenoxy) is 2. The zero-order valence-electron chi connectivity index (χ0n) is 14.2. The van der Waals surface area contributed by atoms with Gasteiger partial charge in [0.05, 0.1) is 17.7 Å². The Morgan fingerprint density at radius 1 is 1.30 bits per heavy atom. The summed E-state index contributed by atoms with van der Waals surface area (Å²) in [6.45, 7) is -0.0681. The van der Waals surface area contributed by atoms with E-state index in [0.29, 0.717) is 27.1 Å². The third-order valence-corrected chi connectivity index (χ3v) is 4.91. The SMILES string of the molecule is COc1ccc(N=C2NC(=O)C(=Cc3cc(Br)ccc3OCC#N)S2)cc1. The van der Waals surface area contributed by atoms with Crippen LogP contribution < -0.4 is 14.8 Å². The van der Waals surface area contributed by atoms with E-state index in [-0.39, 0.29) is 12.5 Å². The molecular formula is C19H14BrN3O3S. The number of carbonyl (C=O) groups excluding carboxylic acids is 1. The first-order valence-electron chi connectivity index (χ1n) is 7.82. The molecule has 136 valence electrons. The van der Waals surface area contributed by atoms with Gasteiger partial charge in [-0.15, -0.1) is 0 Å². The second-order valence-electron chi connectivity index (χ2n) is 5.31. The van der Waals surface area contributed by atoms with Gasteiger partial charge in [-0.25, -0.2) is 4.99 Å². The van der Waals surface area contributed by atoms with E-state index < -0.39 is 0 Å². The summed E-state index contributed by atoms with van der Waals surface area (Å²) in [5, 5.41) is 12.0. The van der Waals surface area contributed by atoms with E-state index in [4.69, 9.17) is 14.7 Å². The molecule has 1 aliphatic rings. The topological polar surface area (TPSA) is 83.7 Å². The minimum atomic E-state index is -0.238. The molecule has 1 N–H and O–H groups in total. The first-order chi connectivity index (χ1) is 13.1. The summed E-state index contributed by atoms with van der Waals surface area (Å²) in [5.41, 5.74) is 1.41. The monoisotopic (exact) mass is 443 g/mol. The molecule has 1 fully saturated rings. The molecule has 0 bridgehead atoms. The van der Waals surface area contributed by atoms with Crippen LogP contribution in [0.15, 0.2) is 56.8 Å². The Kier molecular flexibility index (Phi) is 6.16. The molecule has 8 heteroatoms. The van der Waals surface area contributed by atoms with Crippen LogP contribution in [0.1, 0.15) is 5.56 Å². The van der Waals surface area contributed by atoms with Gasteiger partial charge in [-0.2, -0.15) is 5.26 Å². The van der Waals surface area contributed by atoms with Gasteiger partial charge < -0.3 is 14.8 Å². The highest BCUT2D eigenvalue weighted by Gasteiger charge is 2.24. The van der Waals surface area contributed by atoms with Crippen molar-refractivity contribution in [3.8, 4) is 17.6 Å². The second-order valence-corrected chi connectivity index (χ2v) is 7.26. The highest BCUT2D eigenvalue weighted by atomic mass is 79.9. The first-order valence-corrected chi connectivity index (χ1v) is 9.43. The Bertz CT molecular complexity index is 965. The van der Waals surface area contributed by atoms with Gasteiger partial charge in [-0.1, -0.05) is 15.9 Å². The molecule has 0 aliphatic carbocycles. The average molecular weight is 444 g/mol. The molecule has 0 radical (unpaired) electrons. The smallest absolute Gasteiger partial charge is 0.264 e. The predicted molar refractivity (Wildman–Crippen MR) is 109 cm³/mol. The molecule has 2 aromatic rings. The molecule has 3 rings (SSSR count). The zero-order chi connectivity index (χ0) is 19.2. The van der Waals surface area contributed by atoms with Gasteiger partial charge in [0.25, 0.3) is 5.91 Å². The molecular weight excluding hydrogens is 430 g/mol. The summed E-state index contributed by atoms with van der Waals surface area (Å²) < 4.78 is 11.4. The van der Waals surface area contributed by atoms with Gasteiger partial charge in [-0.05, 0) is 60.3 Å². The molecule has 0 spiro atoms. The molecule has 1 heterocycles. The van der Waals surface area contributed by atoms with Crippen LogP contribution >= 0.6 is 27.7 Å². The second kappa shape index (κ2) is 8.75. The van der Waals surface area contributed by atoms with Crippen LogP contribution in [0.4, 0.5) is 5.69 Å².